The van der Waals surface area contributed by atoms with Gasteiger partial charge in [0.25, 0.3) is 5.91 Å². The molecule has 1 N–H and O–H groups in total. The van der Waals surface area contributed by atoms with E-state index >= 15 is 0 Å². The lowest BCUT2D eigenvalue weighted by Crippen LogP contribution is -2.30. The van der Waals surface area contributed by atoms with Crippen LogP contribution in [0.1, 0.15) is 12.6 Å². The van der Waals surface area contributed by atoms with E-state index in [-0.39, 0.29) is 5.91 Å². The fourth-order valence-corrected chi connectivity index (χ4v) is 3.11. The maximum absolute atomic E-state index is 12.7. The van der Waals surface area contributed by atoms with E-state index in [0.29, 0.717) is 23.1 Å². The van der Waals surface area contributed by atoms with Crippen molar-refractivity contribution in [3.05, 3.63) is 46.3 Å². The Morgan fingerprint density at radius 2 is 2.08 bits per heavy atom. The first-order chi connectivity index (χ1) is 11.5. The third kappa shape index (κ3) is 3.07. The Bertz CT molecular complexity index is 810. The fraction of sp³-hybridized carbons (Fsp3) is 0.188. The summed E-state index contributed by atoms with van der Waals surface area (Å²) in [5, 5.41) is 7.43. The highest BCUT2D eigenvalue weighted by atomic mass is 79.9. The first-order valence-corrected chi connectivity index (χ1v) is 8.49. The van der Waals surface area contributed by atoms with Gasteiger partial charge in [-0.05, 0) is 65.4 Å². The van der Waals surface area contributed by atoms with Crippen molar-refractivity contribution in [1.29, 1.82) is 0 Å². The van der Waals surface area contributed by atoms with Gasteiger partial charge in [-0.15, -0.1) is 0 Å². The molecule has 1 fully saturated rings. The number of nitrogens with zero attached hydrogens (tertiary/aromatic N) is 3. The molecule has 0 spiro atoms. The average Bonchev–Trinajstić information content (AvgIpc) is 3.02. The quantitative estimate of drug-likeness (QED) is 0.624. The largest absolute Gasteiger partial charge is 0.494 e. The highest BCUT2D eigenvalue weighted by molar-refractivity contribution is 9.10. The van der Waals surface area contributed by atoms with Gasteiger partial charge in [-0.25, -0.2) is 0 Å². The highest BCUT2D eigenvalue weighted by Gasteiger charge is 2.32. The Morgan fingerprint density at radius 3 is 2.67 bits per heavy atom. The molecule has 124 valence electrons. The number of nitrogens with one attached hydrogen (secondary N) is 1. The Morgan fingerprint density at radius 1 is 1.38 bits per heavy atom. The molecule has 1 aromatic carbocycles. The first-order valence-electron chi connectivity index (χ1n) is 7.28. The number of halogens is 1. The van der Waals surface area contributed by atoms with Crippen LogP contribution in [-0.4, -0.2) is 27.4 Å². The normalized spacial score (nSPS) is 16.0. The lowest BCUT2D eigenvalue weighted by Gasteiger charge is -2.14. The van der Waals surface area contributed by atoms with Crippen LogP contribution in [0.25, 0.3) is 6.08 Å². The molecule has 1 saturated heterocycles. The van der Waals surface area contributed by atoms with Gasteiger partial charge in [-0.2, -0.15) is 5.10 Å². The maximum Gasteiger partial charge on any atom is 0.281 e. The van der Waals surface area contributed by atoms with Gasteiger partial charge in [0.05, 0.1) is 28.7 Å². The number of rotatable bonds is 4. The third-order valence-electron chi connectivity index (χ3n) is 3.50. The number of aromatic nitrogens is 2. The molecule has 0 unspecified atom stereocenters. The summed E-state index contributed by atoms with van der Waals surface area (Å²) < 4.78 is 7.90. The van der Waals surface area contributed by atoms with Crippen molar-refractivity contribution < 1.29 is 9.53 Å². The van der Waals surface area contributed by atoms with Crippen LogP contribution in [0.3, 0.4) is 0 Å². The predicted octanol–water partition coefficient (Wildman–Crippen LogP) is 2.84. The summed E-state index contributed by atoms with van der Waals surface area (Å²) in [4.78, 5) is 14.2. The topological polar surface area (TPSA) is 59.4 Å². The number of hydrogen-bond acceptors (Lipinski definition) is 4. The van der Waals surface area contributed by atoms with Gasteiger partial charge in [0.2, 0.25) is 0 Å². The maximum atomic E-state index is 12.7. The second-order valence-corrected chi connectivity index (χ2v) is 6.30. The van der Waals surface area contributed by atoms with E-state index in [2.05, 4.69) is 26.3 Å². The molecule has 2 heterocycles. The van der Waals surface area contributed by atoms with Crippen molar-refractivity contribution in [3.63, 3.8) is 0 Å². The van der Waals surface area contributed by atoms with Crippen molar-refractivity contribution >= 4 is 50.9 Å². The molecule has 0 saturated carbocycles. The smallest absolute Gasteiger partial charge is 0.281 e. The van der Waals surface area contributed by atoms with E-state index in [0.717, 1.165) is 15.9 Å². The summed E-state index contributed by atoms with van der Waals surface area (Å²) >= 11 is 8.72. The number of benzene rings is 1. The molecule has 0 bridgehead atoms. The van der Waals surface area contributed by atoms with Crippen molar-refractivity contribution in [2.75, 3.05) is 11.5 Å². The summed E-state index contributed by atoms with van der Waals surface area (Å²) in [6.07, 6.45) is 3.40. The van der Waals surface area contributed by atoms with Crippen LogP contribution in [0.5, 0.6) is 5.75 Å². The van der Waals surface area contributed by atoms with Crippen molar-refractivity contribution in [2.24, 2.45) is 7.05 Å². The lowest BCUT2D eigenvalue weighted by atomic mass is 10.2. The summed E-state index contributed by atoms with van der Waals surface area (Å²) in [6.45, 7) is 2.51. The fourth-order valence-electron chi connectivity index (χ4n) is 2.35. The van der Waals surface area contributed by atoms with Gasteiger partial charge in [-0.1, -0.05) is 0 Å². The summed E-state index contributed by atoms with van der Waals surface area (Å²) in [5.74, 6) is 0.540. The number of aryl methyl sites for hydroxylation is 1. The van der Waals surface area contributed by atoms with Crippen molar-refractivity contribution in [3.8, 4) is 5.75 Å². The average molecular weight is 407 g/mol. The Labute approximate surface area is 153 Å². The van der Waals surface area contributed by atoms with E-state index in [1.54, 1.807) is 36.1 Å². The molecular weight excluding hydrogens is 392 g/mol. The molecule has 6 nitrogen and oxygen atoms in total. The van der Waals surface area contributed by atoms with E-state index in [4.69, 9.17) is 17.0 Å². The molecule has 8 heteroatoms. The van der Waals surface area contributed by atoms with Gasteiger partial charge in [-0.3, -0.25) is 14.4 Å². The van der Waals surface area contributed by atoms with Gasteiger partial charge >= 0.3 is 0 Å². The predicted molar refractivity (Wildman–Crippen MR) is 99.7 cm³/mol. The van der Waals surface area contributed by atoms with Gasteiger partial charge in [0.1, 0.15) is 11.4 Å². The van der Waals surface area contributed by atoms with Gasteiger partial charge in [0, 0.05) is 7.05 Å². The van der Waals surface area contributed by atoms with Crippen molar-refractivity contribution in [1.82, 2.24) is 15.1 Å². The minimum atomic E-state index is -0.211. The first kappa shape index (κ1) is 16.7. The Hall–Kier alpha value is -2.19. The number of carbonyl (C=O) groups is 1. The van der Waals surface area contributed by atoms with Gasteiger partial charge < -0.3 is 10.1 Å². The van der Waals surface area contributed by atoms with E-state index < -0.39 is 0 Å². The van der Waals surface area contributed by atoms with Crippen LogP contribution in [-0.2, 0) is 11.8 Å². The Kier molecular flexibility index (Phi) is 4.68. The number of ether oxygens (including phenoxy) is 1. The third-order valence-corrected chi connectivity index (χ3v) is 4.40. The monoisotopic (exact) mass is 406 g/mol. The standard InChI is InChI=1S/C16H15BrN4O2S/c1-3-23-11-6-4-10(5-7-11)21-15(22)13(19-16(21)24)8-14-12(17)9-18-20(14)2/h4-9H,3H2,1-2H3,(H,19,24)/b13-8+. The molecule has 0 radical (unpaired) electrons. The number of hydrogen-bond donors (Lipinski definition) is 1. The minimum absolute atomic E-state index is 0.211. The van der Waals surface area contributed by atoms with Crippen LogP contribution >= 0.6 is 28.1 Å². The molecular formula is C16H15BrN4O2S. The zero-order chi connectivity index (χ0) is 17.3. The number of amides is 1. The second-order valence-electron chi connectivity index (χ2n) is 5.06. The van der Waals surface area contributed by atoms with Crippen LogP contribution < -0.4 is 15.0 Å². The SMILES string of the molecule is CCOc1ccc(N2C(=O)/C(=C\c3c(Br)cnn3C)NC2=S)cc1. The lowest BCUT2D eigenvalue weighted by molar-refractivity contribution is -0.113. The summed E-state index contributed by atoms with van der Waals surface area (Å²) in [5.41, 5.74) is 1.87. The van der Waals surface area contributed by atoms with E-state index in [1.807, 2.05) is 19.1 Å². The van der Waals surface area contributed by atoms with Crippen LogP contribution in [0.2, 0.25) is 0 Å². The second kappa shape index (κ2) is 6.74. The molecule has 3 rings (SSSR count). The zero-order valence-corrected chi connectivity index (χ0v) is 15.5. The molecule has 0 atom stereocenters. The number of carbonyl (C=O) groups excluding carboxylic acids is 1. The minimum Gasteiger partial charge on any atom is -0.494 e. The van der Waals surface area contributed by atoms with Crippen LogP contribution in [0.15, 0.2) is 40.6 Å². The van der Waals surface area contributed by atoms with E-state index in [9.17, 15) is 4.79 Å². The highest BCUT2D eigenvalue weighted by Crippen LogP contribution is 2.26. The van der Waals surface area contributed by atoms with Crippen molar-refractivity contribution in [2.45, 2.75) is 6.92 Å². The number of anilines is 1. The summed E-state index contributed by atoms with van der Waals surface area (Å²) in [6, 6.07) is 7.24. The van der Waals surface area contributed by atoms with Crippen LogP contribution in [0, 0.1) is 0 Å². The molecule has 24 heavy (non-hydrogen) atoms. The summed E-state index contributed by atoms with van der Waals surface area (Å²) in [7, 11) is 1.80. The Balaban J connectivity index is 1.89. The number of thiocarbonyl (C=S) groups is 1. The molecule has 0 aliphatic carbocycles. The molecule has 1 aromatic heterocycles. The molecule has 1 aliphatic heterocycles. The molecule has 1 aliphatic rings. The molecule has 1 amide bonds. The van der Waals surface area contributed by atoms with Gasteiger partial charge in [0.15, 0.2) is 5.11 Å². The molecule has 2 aromatic rings. The van der Waals surface area contributed by atoms with E-state index in [1.165, 1.54) is 4.90 Å². The zero-order valence-electron chi connectivity index (χ0n) is 13.1. The van der Waals surface area contributed by atoms with Crippen LogP contribution in [0.4, 0.5) is 5.69 Å².